The van der Waals surface area contributed by atoms with Crippen molar-refractivity contribution in [3.05, 3.63) is 0 Å². The first-order valence-electron chi connectivity index (χ1n) is 9.37. The molecule has 2 saturated carbocycles. The first-order chi connectivity index (χ1) is 10.5. The van der Waals surface area contributed by atoms with Crippen LogP contribution in [0.4, 0.5) is 0 Å². The van der Waals surface area contributed by atoms with Gasteiger partial charge < -0.3 is 21.7 Å². The van der Waals surface area contributed by atoms with E-state index in [0.29, 0.717) is 23.7 Å². The Hall–Kier alpha value is -0.160. The van der Waals surface area contributed by atoms with Gasteiger partial charge in [0.1, 0.15) is 0 Å². The fraction of sp³-hybridized carbons (Fsp3) is 1.00. The van der Waals surface area contributed by atoms with E-state index in [0.717, 1.165) is 12.8 Å². The summed E-state index contributed by atoms with van der Waals surface area (Å²) in [6.07, 6.45) is 1.23. The van der Waals surface area contributed by atoms with Crippen LogP contribution in [0.5, 0.6) is 0 Å². The van der Waals surface area contributed by atoms with E-state index in [1.165, 1.54) is 0 Å². The highest BCUT2D eigenvalue weighted by atomic mass is 16.3. The summed E-state index contributed by atoms with van der Waals surface area (Å²) in [6, 6.07) is -0.308. The molecule has 0 amide bonds. The predicted octanol–water partition coefficient (Wildman–Crippen LogP) is 1.97. The highest BCUT2D eigenvalue weighted by Crippen LogP contribution is 2.53. The van der Waals surface area contributed by atoms with E-state index < -0.39 is 12.2 Å². The lowest BCUT2D eigenvalue weighted by molar-refractivity contribution is -0.0899. The van der Waals surface area contributed by atoms with E-state index in [-0.39, 0.29) is 29.3 Å². The molecular weight excluding hydrogens is 288 g/mol. The van der Waals surface area contributed by atoms with Crippen molar-refractivity contribution in [1.82, 2.24) is 0 Å². The van der Waals surface area contributed by atoms with Crippen LogP contribution in [0, 0.1) is 40.9 Å². The Kier molecular flexibility index (Phi) is 5.52. The summed E-state index contributed by atoms with van der Waals surface area (Å²) in [5.41, 5.74) is 12.7. The molecule has 2 aliphatic carbocycles. The number of hydrogen-bond acceptors (Lipinski definition) is 4. The molecule has 0 heterocycles. The zero-order chi connectivity index (χ0) is 17.7. The second-order valence-electron chi connectivity index (χ2n) is 9.31. The maximum atomic E-state index is 10.3. The Balaban J connectivity index is 2.26. The molecule has 0 spiro atoms. The number of nitrogens with two attached hydrogens (primary N) is 2. The van der Waals surface area contributed by atoms with Crippen molar-refractivity contribution in [3.63, 3.8) is 0 Å². The summed E-state index contributed by atoms with van der Waals surface area (Å²) < 4.78 is 0. The quantitative estimate of drug-likeness (QED) is 0.624. The third-order valence-electron chi connectivity index (χ3n) is 7.60. The van der Waals surface area contributed by atoms with E-state index in [9.17, 15) is 10.2 Å². The molecule has 0 aromatic heterocycles. The van der Waals surface area contributed by atoms with Gasteiger partial charge in [-0.1, -0.05) is 41.5 Å². The lowest BCUT2D eigenvalue weighted by Gasteiger charge is -2.55. The summed E-state index contributed by atoms with van der Waals surface area (Å²) in [7, 11) is 0. The molecule has 2 rings (SSSR count). The standard InChI is InChI=1S/C19H38N2O2/c1-9-7-13(11(3)15(20)17(9)22)19(5,6)14-8-10(2)18(23)16(21)12(14)4/h9-18,22-23H,7-8,20-21H2,1-6H3. The van der Waals surface area contributed by atoms with E-state index in [4.69, 9.17) is 11.5 Å². The molecule has 2 fully saturated rings. The molecule has 10 unspecified atom stereocenters. The Morgan fingerprint density at radius 3 is 1.35 bits per heavy atom. The van der Waals surface area contributed by atoms with Crippen LogP contribution in [0.2, 0.25) is 0 Å². The van der Waals surface area contributed by atoms with Crippen molar-refractivity contribution >= 4 is 0 Å². The summed E-state index contributed by atoms with van der Waals surface area (Å²) in [5.74, 6) is 2.00. The molecule has 0 aromatic rings. The largest absolute Gasteiger partial charge is 0.391 e. The van der Waals surface area contributed by atoms with Crippen LogP contribution in [0.25, 0.3) is 0 Å². The second-order valence-corrected chi connectivity index (χ2v) is 9.31. The minimum absolute atomic E-state index is 0.0941. The van der Waals surface area contributed by atoms with Gasteiger partial charge in [0.15, 0.2) is 0 Å². The van der Waals surface area contributed by atoms with Crippen LogP contribution in [0.3, 0.4) is 0 Å². The van der Waals surface area contributed by atoms with Crippen molar-refractivity contribution in [2.75, 3.05) is 0 Å². The van der Waals surface area contributed by atoms with E-state index in [1.54, 1.807) is 0 Å². The van der Waals surface area contributed by atoms with E-state index in [2.05, 4.69) is 41.5 Å². The lowest BCUT2D eigenvalue weighted by Crippen LogP contribution is -2.59. The second kappa shape index (κ2) is 6.62. The van der Waals surface area contributed by atoms with Crippen molar-refractivity contribution in [2.45, 2.75) is 78.7 Å². The molecule has 0 saturated heterocycles. The van der Waals surface area contributed by atoms with Crippen molar-refractivity contribution in [1.29, 1.82) is 0 Å². The number of aliphatic hydroxyl groups excluding tert-OH is 2. The summed E-state index contributed by atoms with van der Waals surface area (Å²) in [4.78, 5) is 0. The van der Waals surface area contributed by atoms with Crippen molar-refractivity contribution in [3.8, 4) is 0 Å². The Morgan fingerprint density at radius 2 is 1.04 bits per heavy atom. The minimum atomic E-state index is -0.399. The number of aliphatic hydroxyl groups is 2. The first kappa shape index (κ1) is 19.2. The van der Waals surface area contributed by atoms with Gasteiger partial charge in [-0.15, -0.1) is 0 Å². The zero-order valence-corrected chi connectivity index (χ0v) is 15.7. The summed E-state index contributed by atoms with van der Waals surface area (Å²) >= 11 is 0. The molecule has 23 heavy (non-hydrogen) atoms. The van der Waals surface area contributed by atoms with Crippen LogP contribution in [0.15, 0.2) is 0 Å². The van der Waals surface area contributed by atoms with Crippen molar-refractivity contribution < 1.29 is 10.2 Å². The third kappa shape index (κ3) is 3.20. The minimum Gasteiger partial charge on any atom is -0.391 e. The molecule has 6 N–H and O–H groups in total. The fourth-order valence-corrected chi connectivity index (χ4v) is 5.66. The van der Waals surface area contributed by atoms with Crippen LogP contribution >= 0.6 is 0 Å². The molecule has 10 atom stereocenters. The SMILES string of the molecule is CC1CC(C(C)(C)C2CC(C)C(O)C(N)C2C)C(C)C(N)C1O. The normalized spacial score (nSPS) is 52.4. The highest BCUT2D eigenvalue weighted by molar-refractivity contribution is 5.03. The Labute approximate surface area is 142 Å². The maximum absolute atomic E-state index is 10.3. The van der Waals surface area contributed by atoms with Gasteiger partial charge in [0, 0.05) is 12.1 Å². The first-order valence-corrected chi connectivity index (χ1v) is 9.37. The molecule has 0 radical (unpaired) electrons. The molecule has 4 heteroatoms. The average molecular weight is 327 g/mol. The van der Waals surface area contributed by atoms with Crippen LogP contribution in [0.1, 0.15) is 54.4 Å². The zero-order valence-electron chi connectivity index (χ0n) is 15.7. The van der Waals surface area contributed by atoms with Gasteiger partial charge >= 0.3 is 0 Å². The molecule has 136 valence electrons. The molecule has 2 aliphatic rings. The smallest absolute Gasteiger partial charge is 0.0719 e. The van der Waals surface area contributed by atoms with Gasteiger partial charge in [-0.3, -0.25) is 0 Å². The van der Waals surface area contributed by atoms with Gasteiger partial charge in [-0.05, 0) is 53.8 Å². The van der Waals surface area contributed by atoms with Gasteiger partial charge in [0.2, 0.25) is 0 Å². The Bertz CT molecular complexity index is 378. The molecule has 0 bridgehead atoms. The van der Waals surface area contributed by atoms with Crippen LogP contribution in [-0.4, -0.2) is 34.5 Å². The van der Waals surface area contributed by atoms with E-state index >= 15 is 0 Å². The Morgan fingerprint density at radius 1 is 0.739 bits per heavy atom. The topological polar surface area (TPSA) is 92.5 Å². The van der Waals surface area contributed by atoms with Crippen LogP contribution in [-0.2, 0) is 0 Å². The predicted molar refractivity (Wildman–Crippen MR) is 94.6 cm³/mol. The summed E-state index contributed by atoms with van der Waals surface area (Å²) in [5, 5.41) is 20.6. The number of hydrogen-bond donors (Lipinski definition) is 4. The number of rotatable bonds is 2. The van der Waals surface area contributed by atoms with Gasteiger partial charge in [-0.25, -0.2) is 0 Å². The molecule has 4 nitrogen and oxygen atoms in total. The van der Waals surface area contributed by atoms with Gasteiger partial charge in [0.25, 0.3) is 0 Å². The van der Waals surface area contributed by atoms with Crippen molar-refractivity contribution in [2.24, 2.45) is 52.4 Å². The van der Waals surface area contributed by atoms with Gasteiger partial charge in [0.05, 0.1) is 12.2 Å². The van der Waals surface area contributed by atoms with E-state index in [1.807, 2.05) is 0 Å². The highest BCUT2D eigenvalue weighted by Gasteiger charge is 2.51. The maximum Gasteiger partial charge on any atom is 0.0719 e. The fourth-order valence-electron chi connectivity index (χ4n) is 5.66. The van der Waals surface area contributed by atoms with Crippen LogP contribution < -0.4 is 11.5 Å². The lowest BCUT2D eigenvalue weighted by atomic mass is 9.52. The third-order valence-corrected chi connectivity index (χ3v) is 7.60. The molecule has 0 aromatic carbocycles. The molecular formula is C19H38N2O2. The molecule has 0 aliphatic heterocycles. The monoisotopic (exact) mass is 326 g/mol. The summed E-state index contributed by atoms with van der Waals surface area (Å²) in [6.45, 7) is 13.3. The average Bonchev–Trinajstić information content (AvgIpc) is 2.49. The van der Waals surface area contributed by atoms with Gasteiger partial charge in [-0.2, -0.15) is 0 Å².